The number of rotatable bonds is 7. The number of nitrogens with zero attached hydrogens (tertiary/aromatic N) is 1. The Balaban J connectivity index is 2.39. The van der Waals surface area contributed by atoms with Crippen molar-refractivity contribution in [2.75, 3.05) is 26.2 Å². The van der Waals surface area contributed by atoms with Gasteiger partial charge in [-0.25, -0.2) is 0 Å². The molecule has 0 amide bonds. The standard InChI is InChI=1S/C13H25F3N2O/c1-3-7-17-11(2)12-6-4-5-8-18(12)9-10-19-13(14,15)16/h11-12,17H,3-10H2,1-2H3. The molecule has 1 saturated heterocycles. The van der Waals surface area contributed by atoms with E-state index in [1.165, 1.54) is 0 Å². The van der Waals surface area contributed by atoms with Crippen LogP contribution < -0.4 is 5.32 Å². The van der Waals surface area contributed by atoms with Crippen molar-refractivity contribution in [2.24, 2.45) is 0 Å². The molecule has 114 valence electrons. The van der Waals surface area contributed by atoms with Crippen LogP contribution >= 0.6 is 0 Å². The van der Waals surface area contributed by atoms with Gasteiger partial charge in [-0.2, -0.15) is 0 Å². The number of likely N-dealkylation sites (tertiary alicyclic amines) is 1. The lowest BCUT2D eigenvalue weighted by atomic mass is 9.96. The van der Waals surface area contributed by atoms with Crippen LogP contribution in [-0.4, -0.2) is 49.6 Å². The zero-order valence-electron chi connectivity index (χ0n) is 11.8. The van der Waals surface area contributed by atoms with Crippen molar-refractivity contribution in [2.45, 2.75) is 58.0 Å². The van der Waals surface area contributed by atoms with Crippen molar-refractivity contribution in [3.05, 3.63) is 0 Å². The van der Waals surface area contributed by atoms with E-state index in [2.05, 4.69) is 28.8 Å². The third kappa shape index (κ3) is 6.58. The van der Waals surface area contributed by atoms with Crippen LogP contribution in [-0.2, 0) is 4.74 Å². The van der Waals surface area contributed by atoms with Crippen LogP contribution in [0.25, 0.3) is 0 Å². The number of nitrogens with one attached hydrogen (secondary N) is 1. The van der Waals surface area contributed by atoms with Crippen LogP contribution in [0.15, 0.2) is 0 Å². The average molecular weight is 282 g/mol. The Labute approximate surface area is 113 Å². The predicted octanol–water partition coefficient (Wildman–Crippen LogP) is 2.77. The van der Waals surface area contributed by atoms with Crippen molar-refractivity contribution in [1.29, 1.82) is 0 Å². The molecule has 0 aromatic heterocycles. The van der Waals surface area contributed by atoms with Crippen molar-refractivity contribution < 1.29 is 17.9 Å². The fourth-order valence-corrected chi connectivity index (χ4v) is 2.65. The summed E-state index contributed by atoms with van der Waals surface area (Å²) in [5.41, 5.74) is 0. The Kier molecular flexibility index (Phi) is 7.10. The van der Waals surface area contributed by atoms with E-state index in [4.69, 9.17) is 0 Å². The van der Waals surface area contributed by atoms with Gasteiger partial charge in [-0.1, -0.05) is 13.3 Å². The van der Waals surface area contributed by atoms with Crippen molar-refractivity contribution >= 4 is 0 Å². The smallest absolute Gasteiger partial charge is 0.313 e. The Hall–Kier alpha value is -0.330. The summed E-state index contributed by atoms with van der Waals surface area (Å²) in [7, 11) is 0. The molecule has 1 heterocycles. The monoisotopic (exact) mass is 282 g/mol. The third-order valence-corrected chi connectivity index (χ3v) is 3.60. The molecule has 1 aliphatic heterocycles. The van der Waals surface area contributed by atoms with Crippen molar-refractivity contribution in [1.82, 2.24) is 10.2 Å². The second-order valence-corrected chi connectivity index (χ2v) is 5.14. The molecule has 0 aliphatic carbocycles. The van der Waals surface area contributed by atoms with Crippen molar-refractivity contribution in [3.8, 4) is 0 Å². The number of piperidine rings is 1. The highest BCUT2D eigenvalue weighted by molar-refractivity contribution is 4.84. The summed E-state index contributed by atoms with van der Waals surface area (Å²) < 4.78 is 39.8. The maximum Gasteiger partial charge on any atom is 0.522 e. The lowest BCUT2D eigenvalue weighted by Gasteiger charge is -2.39. The van der Waals surface area contributed by atoms with Crippen LogP contribution in [0.1, 0.15) is 39.5 Å². The fraction of sp³-hybridized carbons (Fsp3) is 1.00. The number of hydrogen-bond acceptors (Lipinski definition) is 3. The second-order valence-electron chi connectivity index (χ2n) is 5.14. The molecule has 1 fully saturated rings. The largest absolute Gasteiger partial charge is 0.522 e. The summed E-state index contributed by atoms with van der Waals surface area (Å²) in [6.45, 7) is 6.11. The van der Waals surface area contributed by atoms with Gasteiger partial charge in [0, 0.05) is 18.6 Å². The van der Waals surface area contributed by atoms with Crippen molar-refractivity contribution in [3.63, 3.8) is 0 Å². The first-order valence-corrected chi connectivity index (χ1v) is 7.12. The predicted molar refractivity (Wildman–Crippen MR) is 69.0 cm³/mol. The summed E-state index contributed by atoms with van der Waals surface area (Å²) >= 11 is 0. The molecule has 0 bridgehead atoms. The van der Waals surface area contributed by atoms with Gasteiger partial charge in [0.2, 0.25) is 0 Å². The minimum Gasteiger partial charge on any atom is -0.313 e. The molecule has 3 nitrogen and oxygen atoms in total. The summed E-state index contributed by atoms with van der Waals surface area (Å²) in [5.74, 6) is 0. The summed E-state index contributed by atoms with van der Waals surface area (Å²) in [4.78, 5) is 2.13. The first-order valence-electron chi connectivity index (χ1n) is 7.12. The molecular weight excluding hydrogens is 257 g/mol. The highest BCUT2D eigenvalue weighted by atomic mass is 19.4. The number of ether oxygens (including phenoxy) is 1. The fourth-order valence-electron chi connectivity index (χ4n) is 2.65. The first-order chi connectivity index (χ1) is 8.94. The van der Waals surface area contributed by atoms with Gasteiger partial charge in [0.05, 0.1) is 6.61 Å². The molecule has 1 aliphatic rings. The lowest BCUT2D eigenvalue weighted by Crippen LogP contribution is -2.52. The Morgan fingerprint density at radius 3 is 2.74 bits per heavy atom. The highest BCUT2D eigenvalue weighted by Gasteiger charge is 2.31. The minimum absolute atomic E-state index is 0.277. The van der Waals surface area contributed by atoms with E-state index in [-0.39, 0.29) is 6.61 Å². The van der Waals surface area contributed by atoms with Crippen LogP contribution in [0.3, 0.4) is 0 Å². The van der Waals surface area contributed by atoms with Gasteiger partial charge in [-0.15, -0.1) is 13.2 Å². The van der Waals surface area contributed by atoms with Crippen LogP contribution in [0, 0.1) is 0 Å². The molecule has 0 radical (unpaired) electrons. The van der Waals surface area contributed by atoms with Gasteiger partial charge in [-0.05, 0) is 39.3 Å². The van der Waals surface area contributed by atoms with E-state index >= 15 is 0 Å². The van der Waals surface area contributed by atoms with Gasteiger partial charge < -0.3 is 5.32 Å². The zero-order valence-corrected chi connectivity index (χ0v) is 11.8. The molecule has 0 spiro atoms. The lowest BCUT2D eigenvalue weighted by molar-refractivity contribution is -0.325. The Bertz CT molecular complexity index is 249. The van der Waals surface area contributed by atoms with E-state index < -0.39 is 6.36 Å². The summed E-state index contributed by atoms with van der Waals surface area (Å²) in [5, 5.41) is 3.43. The number of hydrogen-bond donors (Lipinski definition) is 1. The maximum absolute atomic E-state index is 12.0. The van der Waals surface area contributed by atoms with Gasteiger partial charge in [-0.3, -0.25) is 9.64 Å². The quantitative estimate of drug-likeness (QED) is 0.777. The molecule has 1 rings (SSSR count). The third-order valence-electron chi connectivity index (χ3n) is 3.60. The normalized spacial score (nSPS) is 23.5. The van der Waals surface area contributed by atoms with Gasteiger partial charge >= 0.3 is 6.36 Å². The molecule has 2 atom stereocenters. The molecule has 19 heavy (non-hydrogen) atoms. The van der Waals surface area contributed by atoms with Gasteiger partial charge in [0.25, 0.3) is 0 Å². The maximum atomic E-state index is 12.0. The first kappa shape index (κ1) is 16.7. The molecule has 0 saturated carbocycles. The van der Waals surface area contributed by atoms with E-state index in [1.54, 1.807) is 0 Å². The minimum atomic E-state index is -4.52. The van der Waals surface area contributed by atoms with Crippen LogP contribution in [0.5, 0.6) is 0 Å². The molecule has 0 aromatic carbocycles. The molecule has 6 heteroatoms. The Morgan fingerprint density at radius 2 is 2.11 bits per heavy atom. The Morgan fingerprint density at radius 1 is 1.37 bits per heavy atom. The highest BCUT2D eigenvalue weighted by Crippen LogP contribution is 2.21. The van der Waals surface area contributed by atoms with E-state index in [0.29, 0.717) is 18.6 Å². The average Bonchev–Trinajstić information content (AvgIpc) is 2.35. The number of halogens is 3. The molecular formula is C13H25F3N2O. The van der Waals surface area contributed by atoms with Gasteiger partial charge in [0.1, 0.15) is 0 Å². The zero-order chi connectivity index (χ0) is 14.3. The van der Waals surface area contributed by atoms with Crippen LogP contribution in [0.2, 0.25) is 0 Å². The van der Waals surface area contributed by atoms with Crippen LogP contribution in [0.4, 0.5) is 13.2 Å². The second kappa shape index (κ2) is 8.07. The topological polar surface area (TPSA) is 24.5 Å². The molecule has 1 N–H and O–H groups in total. The SMILES string of the molecule is CCCNC(C)C1CCCCN1CCOC(F)(F)F. The molecule has 0 aromatic rings. The number of alkyl halides is 3. The summed E-state index contributed by atoms with van der Waals surface area (Å²) in [6, 6.07) is 0.628. The van der Waals surface area contributed by atoms with E-state index in [9.17, 15) is 13.2 Å². The molecule has 2 unspecified atom stereocenters. The van der Waals surface area contributed by atoms with E-state index in [1.807, 2.05) is 0 Å². The summed E-state index contributed by atoms with van der Waals surface area (Å²) in [6.07, 6.45) is -0.196. The van der Waals surface area contributed by atoms with Gasteiger partial charge in [0.15, 0.2) is 0 Å². The van der Waals surface area contributed by atoms with E-state index in [0.717, 1.165) is 38.8 Å².